The van der Waals surface area contributed by atoms with Gasteiger partial charge in [-0.15, -0.1) is 0 Å². The van der Waals surface area contributed by atoms with Gasteiger partial charge in [-0.05, 0) is 40.5 Å². The Morgan fingerprint density at radius 1 is 1.50 bits per heavy atom. The predicted octanol–water partition coefficient (Wildman–Crippen LogP) is 2.99. The molecule has 1 rings (SSSR count). The number of benzene rings is 1. The third-order valence-electron chi connectivity index (χ3n) is 2.23. The molecule has 0 aliphatic carbocycles. The summed E-state index contributed by atoms with van der Waals surface area (Å²) < 4.78 is 5.89. The van der Waals surface area contributed by atoms with Crippen LogP contribution < -0.4 is 10.1 Å². The Bertz CT molecular complexity index is 366. The van der Waals surface area contributed by atoms with Gasteiger partial charge < -0.3 is 10.1 Å². The van der Waals surface area contributed by atoms with Crippen LogP contribution in [0, 0.1) is 0 Å². The van der Waals surface area contributed by atoms with Crippen LogP contribution in [0.3, 0.4) is 0 Å². The number of hydrogen-bond donors (Lipinski definition) is 1. The van der Waals surface area contributed by atoms with E-state index in [9.17, 15) is 4.79 Å². The summed E-state index contributed by atoms with van der Waals surface area (Å²) in [6, 6.07) is 5.30. The average Bonchev–Trinajstić information content (AvgIpc) is 2.29. The van der Waals surface area contributed by atoms with E-state index in [0.29, 0.717) is 5.56 Å². The average molecular weight is 286 g/mol. The van der Waals surface area contributed by atoms with Crippen LogP contribution in [0.25, 0.3) is 0 Å². The van der Waals surface area contributed by atoms with Gasteiger partial charge in [0.1, 0.15) is 5.75 Å². The fourth-order valence-electron chi connectivity index (χ4n) is 1.29. The minimum atomic E-state index is -0.0446. The molecule has 1 amide bonds. The third kappa shape index (κ3) is 3.52. The lowest BCUT2D eigenvalue weighted by Crippen LogP contribution is -2.24. The Balaban J connectivity index is 2.66. The molecule has 0 aromatic heterocycles. The first-order chi connectivity index (χ1) is 7.69. The Labute approximate surface area is 104 Å². The van der Waals surface area contributed by atoms with E-state index in [1.165, 1.54) is 0 Å². The van der Waals surface area contributed by atoms with Gasteiger partial charge in [-0.25, -0.2) is 0 Å². The maximum atomic E-state index is 11.7. The fraction of sp³-hybridized carbons (Fsp3) is 0.417. The molecule has 0 aliphatic heterocycles. The molecule has 0 saturated carbocycles. The number of amides is 1. The van der Waals surface area contributed by atoms with Crippen LogP contribution in [-0.4, -0.2) is 19.6 Å². The van der Waals surface area contributed by atoms with Crippen molar-refractivity contribution < 1.29 is 9.53 Å². The molecule has 4 heteroatoms. The lowest BCUT2D eigenvalue weighted by Gasteiger charge is -2.07. The molecular formula is C12H16BrNO2. The van der Waals surface area contributed by atoms with Crippen LogP contribution in [0.5, 0.6) is 5.75 Å². The molecule has 0 bridgehead atoms. The second kappa shape index (κ2) is 6.53. The number of rotatable bonds is 5. The summed E-state index contributed by atoms with van der Waals surface area (Å²) in [5, 5.41) is 2.86. The van der Waals surface area contributed by atoms with Crippen LogP contribution in [0.15, 0.2) is 22.7 Å². The van der Waals surface area contributed by atoms with Gasteiger partial charge in [0.2, 0.25) is 0 Å². The summed E-state index contributed by atoms with van der Waals surface area (Å²) >= 11 is 3.35. The van der Waals surface area contributed by atoms with Crippen molar-refractivity contribution in [3.63, 3.8) is 0 Å². The normalized spacial score (nSPS) is 9.94. The smallest absolute Gasteiger partial charge is 0.251 e. The van der Waals surface area contributed by atoms with Crippen LogP contribution in [0.2, 0.25) is 0 Å². The van der Waals surface area contributed by atoms with E-state index < -0.39 is 0 Å². The maximum Gasteiger partial charge on any atom is 0.251 e. The molecule has 3 nitrogen and oxygen atoms in total. The minimum absolute atomic E-state index is 0.0446. The van der Waals surface area contributed by atoms with Gasteiger partial charge in [0.25, 0.3) is 5.91 Å². The van der Waals surface area contributed by atoms with Gasteiger partial charge in [0, 0.05) is 12.1 Å². The SMILES string of the molecule is CCCCNC(=O)c1ccc(OC)c(Br)c1. The highest BCUT2D eigenvalue weighted by Gasteiger charge is 2.07. The zero-order valence-corrected chi connectivity index (χ0v) is 11.1. The summed E-state index contributed by atoms with van der Waals surface area (Å²) in [7, 11) is 1.60. The second-order valence-corrected chi connectivity index (χ2v) is 4.31. The molecule has 0 radical (unpaired) electrons. The number of hydrogen-bond acceptors (Lipinski definition) is 2. The van der Waals surface area contributed by atoms with E-state index in [4.69, 9.17) is 4.74 Å². The van der Waals surface area contributed by atoms with Crippen molar-refractivity contribution in [2.24, 2.45) is 0 Å². The predicted molar refractivity (Wildman–Crippen MR) is 67.9 cm³/mol. The molecule has 0 saturated heterocycles. The molecule has 16 heavy (non-hydrogen) atoms. The number of methoxy groups -OCH3 is 1. The zero-order valence-electron chi connectivity index (χ0n) is 9.55. The lowest BCUT2D eigenvalue weighted by molar-refractivity contribution is 0.0953. The summed E-state index contributed by atoms with van der Waals surface area (Å²) in [5.74, 6) is 0.682. The second-order valence-electron chi connectivity index (χ2n) is 3.46. The Kier molecular flexibility index (Phi) is 5.32. The fourth-order valence-corrected chi connectivity index (χ4v) is 1.83. The van der Waals surface area contributed by atoms with Crippen molar-refractivity contribution in [3.05, 3.63) is 28.2 Å². The van der Waals surface area contributed by atoms with Crippen molar-refractivity contribution in [2.45, 2.75) is 19.8 Å². The van der Waals surface area contributed by atoms with Gasteiger partial charge in [0.15, 0.2) is 0 Å². The summed E-state index contributed by atoms with van der Waals surface area (Å²) in [6.45, 7) is 2.81. The molecule has 88 valence electrons. The summed E-state index contributed by atoms with van der Waals surface area (Å²) in [4.78, 5) is 11.7. The third-order valence-corrected chi connectivity index (χ3v) is 2.85. The van der Waals surface area contributed by atoms with E-state index >= 15 is 0 Å². The first-order valence-electron chi connectivity index (χ1n) is 5.30. The number of carbonyl (C=O) groups is 1. The number of carbonyl (C=O) groups excluding carboxylic acids is 1. The minimum Gasteiger partial charge on any atom is -0.496 e. The van der Waals surface area contributed by atoms with Crippen LogP contribution in [0.4, 0.5) is 0 Å². The maximum absolute atomic E-state index is 11.7. The van der Waals surface area contributed by atoms with Crippen molar-refractivity contribution in [1.29, 1.82) is 0 Å². The zero-order chi connectivity index (χ0) is 12.0. The summed E-state index contributed by atoms with van der Waals surface area (Å²) in [6.07, 6.45) is 2.08. The molecular weight excluding hydrogens is 270 g/mol. The Hall–Kier alpha value is -1.03. The van der Waals surface area contributed by atoms with Crippen molar-refractivity contribution in [3.8, 4) is 5.75 Å². The molecule has 0 spiro atoms. The Morgan fingerprint density at radius 3 is 2.81 bits per heavy atom. The van der Waals surface area contributed by atoms with E-state index in [0.717, 1.165) is 29.6 Å². The van der Waals surface area contributed by atoms with E-state index in [1.807, 2.05) is 0 Å². The largest absolute Gasteiger partial charge is 0.496 e. The van der Waals surface area contributed by atoms with Gasteiger partial charge in [-0.1, -0.05) is 13.3 Å². The van der Waals surface area contributed by atoms with Gasteiger partial charge in [-0.3, -0.25) is 4.79 Å². The summed E-state index contributed by atoms with van der Waals surface area (Å²) in [5.41, 5.74) is 0.642. The molecule has 0 atom stereocenters. The number of nitrogens with one attached hydrogen (secondary N) is 1. The van der Waals surface area contributed by atoms with Crippen molar-refractivity contribution in [2.75, 3.05) is 13.7 Å². The monoisotopic (exact) mass is 285 g/mol. The van der Waals surface area contributed by atoms with Crippen LogP contribution in [0.1, 0.15) is 30.1 Å². The lowest BCUT2D eigenvalue weighted by atomic mass is 10.2. The van der Waals surface area contributed by atoms with E-state index in [2.05, 4.69) is 28.2 Å². The van der Waals surface area contributed by atoms with Gasteiger partial charge in [-0.2, -0.15) is 0 Å². The van der Waals surface area contributed by atoms with Gasteiger partial charge in [0.05, 0.1) is 11.6 Å². The number of halogens is 1. The van der Waals surface area contributed by atoms with Crippen LogP contribution in [-0.2, 0) is 0 Å². The molecule has 1 aromatic rings. The highest BCUT2D eigenvalue weighted by Crippen LogP contribution is 2.25. The molecule has 1 aromatic carbocycles. The molecule has 0 aliphatic rings. The molecule has 0 unspecified atom stereocenters. The standard InChI is InChI=1S/C12H16BrNO2/c1-3-4-7-14-12(15)9-5-6-11(16-2)10(13)8-9/h5-6,8H,3-4,7H2,1-2H3,(H,14,15). The van der Waals surface area contributed by atoms with E-state index in [-0.39, 0.29) is 5.91 Å². The first-order valence-corrected chi connectivity index (χ1v) is 6.10. The number of ether oxygens (including phenoxy) is 1. The molecule has 0 heterocycles. The quantitative estimate of drug-likeness (QED) is 0.845. The van der Waals surface area contributed by atoms with Crippen molar-refractivity contribution >= 4 is 21.8 Å². The van der Waals surface area contributed by atoms with Crippen LogP contribution >= 0.6 is 15.9 Å². The number of unbranched alkanes of at least 4 members (excludes halogenated alkanes) is 1. The molecule has 0 fully saturated rings. The van der Waals surface area contributed by atoms with Crippen molar-refractivity contribution in [1.82, 2.24) is 5.32 Å². The highest BCUT2D eigenvalue weighted by molar-refractivity contribution is 9.10. The Morgan fingerprint density at radius 2 is 2.25 bits per heavy atom. The van der Waals surface area contributed by atoms with E-state index in [1.54, 1.807) is 25.3 Å². The topological polar surface area (TPSA) is 38.3 Å². The first kappa shape index (κ1) is 13.0. The van der Waals surface area contributed by atoms with Gasteiger partial charge >= 0.3 is 0 Å². The molecule has 1 N–H and O–H groups in total. The highest BCUT2D eigenvalue weighted by atomic mass is 79.9.